The van der Waals surface area contributed by atoms with Gasteiger partial charge in [0.05, 0.1) is 13.2 Å². The Morgan fingerprint density at radius 1 is 0.880 bits per heavy atom. The van der Waals surface area contributed by atoms with E-state index in [9.17, 15) is 5.21 Å². The normalized spacial score (nSPS) is 19.8. The summed E-state index contributed by atoms with van der Waals surface area (Å²) >= 11 is 0. The van der Waals surface area contributed by atoms with Crippen LogP contribution >= 0.6 is 0 Å². The maximum absolute atomic E-state index is 11.0. The lowest BCUT2D eigenvalue weighted by Crippen LogP contribution is -2.37. The van der Waals surface area contributed by atoms with Crippen LogP contribution in [0.4, 0.5) is 0 Å². The van der Waals surface area contributed by atoms with Gasteiger partial charge in [-0.1, -0.05) is 60.7 Å². The topological polar surface area (TPSA) is 41.9 Å². The number of hydroxylamine groups is 2. The van der Waals surface area contributed by atoms with Crippen LogP contribution in [0, 0.1) is 0 Å². The molecule has 1 aliphatic rings. The number of fused-ring (bicyclic) bond motifs is 1. The predicted octanol–water partition coefficient (Wildman–Crippen LogP) is 4.57. The summed E-state index contributed by atoms with van der Waals surface area (Å²) in [5.41, 5.74) is 2.76. The third-order valence-corrected chi connectivity index (χ3v) is 4.45. The van der Waals surface area contributed by atoms with Gasteiger partial charge in [0.25, 0.3) is 0 Å². The number of benzene rings is 3. The van der Waals surface area contributed by atoms with E-state index in [0.717, 1.165) is 28.2 Å². The molecular weight excluding hydrogens is 314 g/mol. The van der Waals surface area contributed by atoms with Crippen LogP contribution in [0.15, 0.2) is 78.9 Å². The first kappa shape index (κ1) is 15.7. The monoisotopic (exact) mass is 333 g/mol. The minimum Gasteiger partial charge on any atom is -0.497 e. The van der Waals surface area contributed by atoms with Gasteiger partial charge in [-0.05, 0) is 23.8 Å². The minimum atomic E-state index is -0.577. The Hall–Kier alpha value is -2.82. The molecule has 0 saturated heterocycles. The number of hydrogen-bond acceptors (Lipinski definition) is 4. The van der Waals surface area contributed by atoms with Crippen molar-refractivity contribution in [3.63, 3.8) is 0 Å². The molecule has 3 aromatic carbocycles. The Balaban J connectivity index is 1.85. The molecule has 0 saturated carbocycles. The molecule has 0 radical (unpaired) electrons. The number of methoxy groups -OCH3 is 1. The quantitative estimate of drug-likeness (QED) is 0.762. The standard InChI is InChI=1S/C21H19NO3/c1-24-17-12-13-19-18(14-17)20(15-8-4-2-5-9-15)22(23)21(25-19)16-10-6-3-7-11-16/h2-14,20-21,23H,1H3. The molecule has 4 rings (SSSR count). The summed E-state index contributed by atoms with van der Waals surface area (Å²) in [4.78, 5) is 0. The summed E-state index contributed by atoms with van der Waals surface area (Å²) in [7, 11) is 1.63. The number of ether oxygens (including phenoxy) is 2. The fourth-order valence-electron chi connectivity index (χ4n) is 3.23. The van der Waals surface area contributed by atoms with E-state index < -0.39 is 6.23 Å². The maximum Gasteiger partial charge on any atom is 0.201 e. The number of rotatable bonds is 3. The number of nitrogens with zero attached hydrogens (tertiary/aromatic N) is 1. The zero-order valence-electron chi connectivity index (χ0n) is 13.9. The molecule has 0 bridgehead atoms. The Morgan fingerprint density at radius 2 is 1.52 bits per heavy atom. The highest BCUT2D eigenvalue weighted by Crippen LogP contribution is 2.45. The van der Waals surface area contributed by atoms with Gasteiger partial charge >= 0.3 is 0 Å². The lowest BCUT2D eigenvalue weighted by Gasteiger charge is -2.39. The van der Waals surface area contributed by atoms with E-state index in [4.69, 9.17) is 9.47 Å². The van der Waals surface area contributed by atoms with Crippen LogP contribution in [-0.4, -0.2) is 17.4 Å². The summed E-state index contributed by atoms with van der Waals surface area (Å²) in [6.07, 6.45) is -0.577. The van der Waals surface area contributed by atoms with Gasteiger partial charge in [0.2, 0.25) is 6.23 Å². The lowest BCUT2D eigenvalue weighted by molar-refractivity contribution is -0.220. The molecule has 0 spiro atoms. The third kappa shape index (κ3) is 2.86. The fraction of sp³-hybridized carbons (Fsp3) is 0.143. The molecule has 25 heavy (non-hydrogen) atoms. The average molecular weight is 333 g/mol. The van der Waals surface area contributed by atoms with Crippen molar-refractivity contribution in [2.24, 2.45) is 0 Å². The van der Waals surface area contributed by atoms with E-state index in [0.29, 0.717) is 0 Å². The predicted molar refractivity (Wildman–Crippen MR) is 94.7 cm³/mol. The van der Waals surface area contributed by atoms with Crippen molar-refractivity contribution in [1.29, 1.82) is 0 Å². The highest BCUT2D eigenvalue weighted by molar-refractivity contribution is 5.47. The molecule has 1 heterocycles. The molecule has 0 aliphatic carbocycles. The molecular formula is C21H19NO3. The minimum absolute atomic E-state index is 0.342. The van der Waals surface area contributed by atoms with Gasteiger partial charge in [-0.2, -0.15) is 0 Å². The van der Waals surface area contributed by atoms with Gasteiger partial charge in [0, 0.05) is 11.1 Å². The zero-order valence-corrected chi connectivity index (χ0v) is 13.9. The van der Waals surface area contributed by atoms with Gasteiger partial charge in [-0.25, -0.2) is 0 Å². The van der Waals surface area contributed by atoms with Crippen molar-refractivity contribution < 1.29 is 14.7 Å². The van der Waals surface area contributed by atoms with Crippen LogP contribution in [0.25, 0.3) is 0 Å². The first-order chi connectivity index (χ1) is 12.3. The van der Waals surface area contributed by atoms with Crippen LogP contribution in [0.3, 0.4) is 0 Å². The van der Waals surface area contributed by atoms with Crippen LogP contribution in [0.5, 0.6) is 11.5 Å². The van der Waals surface area contributed by atoms with Crippen LogP contribution in [0.2, 0.25) is 0 Å². The summed E-state index contributed by atoms with van der Waals surface area (Å²) in [5, 5.41) is 12.3. The fourth-order valence-corrected chi connectivity index (χ4v) is 3.23. The van der Waals surface area contributed by atoms with E-state index in [1.807, 2.05) is 78.9 Å². The van der Waals surface area contributed by atoms with Crippen molar-refractivity contribution in [3.8, 4) is 11.5 Å². The van der Waals surface area contributed by atoms with Gasteiger partial charge in [-0.3, -0.25) is 0 Å². The molecule has 0 fully saturated rings. The van der Waals surface area contributed by atoms with Crippen molar-refractivity contribution >= 4 is 0 Å². The first-order valence-electron chi connectivity index (χ1n) is 8.19. The van der Waals surface area contributed by atoms with E-state index in [1.165, 1.54) is 5.06 Å². The summed E-state index contributed by atoms with van der Waals surface area (Å²) < 4.78 is 11.5. The van der Waals surface area contributed by atoms with Gasteiger partial charge in [0.1, 0.15) is 11.5 Å². The van der Waals surface area contributed by atoms with Crippen LogP contribution in [-0.2, 0) is 0 Å². The molecule has 0 amide bonds. The molecule has 4 nitrogen and oxygen atoms in total. The molecule has 4 heteroatoms. The second-order valence-electron chi connectivity index (χ2n) is 5.98. The van der Waals surface area contributed by atoms with E-state index in [-0.39, 0.29) is 6.04 Å². The summed E-state index contributed by atoms with van der Waals surface area (Å²) in [6.45, 7) is 0. The molecule has 2 atom stereocenters. The zero-order chi connectivity index (χ0) is 17.2. The molecule has 2 unspecified atom stereocenters. The Labute approximate surface area is 146 Å². The van der Waals surface area contributed by atoms with Crippen molar-refractivity contribution in [1.82, 2.24) is 5.06 Å². The van der Waals surface area contributed by atoms with E-state index >= 15 is 0 Å². The molecule has 3 aromatic rings. The van der Waals surface area contributed by atoms with Crippen molar-refractivity contribution in [3.05, 3.63) is 95.6 Å². The van der Waals surface area contributed by atoms with Gasteiger partial charge < -0.3 is 14.7 Å². The Morgan fingerprint density at radius 3 is 2.16 bits per heavy atom. The van der Waals surface area contributed by atoms with Crippen LogP contribution < -0.4 is 9.47 Å². The second-order valence-corrected chi connectivity index (χ2v) is 5.98. The SMILES string of the molecule is COc1ccc2c(c1)C(c1ccccc1)N(O)C(c1ccccc1)O2. The number of hydrogen-bond donors (Lipinski definition) is 1. The molecule has 0 aromatic heterocycles. The lowest BCUT2D eigenvalue weighted by atomic mass is 9.95. The Bertz CT molecular complexity index is 852. The first-order valence-corrected chi connectivity index (χ1v) is 8.19. The molecule has 1 N–H and O–H groups in total. The molecule has 1 aliphatic heterocycles. The van der Waals surface area contributed by atoms with E-state index in [2.05, 4.69) is 0 Å². The summed E-state index contributed by atoms with van der Waals surface area (Å²) in [6, 6.07) is 25.0. The summed E-state index contributed by atoms with van der Waals surface area (Å²) in [5.74, 6) is 1.48. The van der Waals surface area contributed by atoms with Gasteiger partial charge in [0.15, 0.2) is 0 Å². The highest BCUT2D eigenvalue weighted by Gasteiger charge is 2.37. The van der Waals surface area contributed by atoms with Crippen molar-refractivity contribution in [2.75, 3.05) is 7.11 Å². The smallest absolute Gasteiger partial charge is 0.201 e. The molecule has 126 valence electrons. The van der Waals surface area contributed by atoms with Crippen LogP contribution in [0.1, 0.15) is 29.0 Å². The average Bonchev–Trinajstić information content (AvgIpc) is 2.68. The van der Waals surface area contributed by atoms with Crippen molar-refractivity contribution in [2.45, 2.75) is 12.3 Å². The Kier molecular flexibility index (Phi) is 4.14. The maximum atomic E-state index is 11.0. The van der Waals surface area contributed by atoms with Gasteiger partial charge in [-0.15, -0.1) is 5.06 Å². The largest absolute Gasteiger partial charge is 0.497 e. The second kappa shape index (κ2) is 6.59. The highest BCUT2D eigenvalue weighted by atomic mass is 16.6. The third-order valence-electron chi connectivity index (χ3n) is 4.45. The van der Waals surface area contributed by atoms with E-state index in [1.54, 1.807) is 7.11 Å².